The molecule has 3 rings (SSSR count). The van der Waals surface area contributed by atoms with E-state index in [1.54, 1.807) is 25.7 Å². The zero-order chi connectivity index (χ0) is 24.5. The zero-order valence-electron chi connectivity index (χ0n) is 18.9. The Labute approximate surface area is 190 Å². The summed E-state index contributed by atoms with van der Waals surface area (Å²) in [5, 5.41) is 2.55. The van der Waals surface area contributed by atoms with Crippen molar-refractivity contribution in [1.29, 1.82) is 0 Å². The maximum atomic E-state index is 14.2. The third-order valence-electron chi connectivity index (χ3n) is 5.88. The van der Waals surface area contributed by atoms with Gasteiger partial charge in [-0.1, -0.05) is 0 Å². The van der Waals surface area contributed by atoms with Crippen LogP contribution >= 0.6 is 0 Å². The number of nitrogens with zero attached hydrogens (tertiary/aromatic N) is 2. The van der Waals surface area contributed by atoms with E-state index in [4.69, 9.17) is 10.5 Å². The number of halogens is 3. The number of rotatable bonds is 5. The van der Waals surface area contributed by atoms with Crippen LogP contribution in [0.4, 0.5) is 22.8 Å². The Kier molecular flexibility index (Phi) is 7.08. The predicted molar refractivity (Wildman–Crippen MR) is 113 cm³/mol. The molecular formula is C22H29F3N4O4. The van der Waals surface area contributed by atoms with Crippen LogP contribution in [0.2, 0.25) is 0 Å². The fourth-order valence-corrected chi connectivity index (χ4v) is 4.41. The van der Waals surface area contributed by atoms with E-state index in [1.165, 1.54) is 4.90 Å². The smallest absolute Gasteiger partial charge is 0.407 e. The lowest BCUT2D eigenvalue weighted by Crippen LogP contribution is -2.46. The summed E-state index contributed by atoms with van der Waals surface area (Å²) in [6.07, 6.45) is -0.563. The van der Waals surface area contributed by atoms with Gasteiger partial charge in [-0.05, 0) is 45.2 Å². The molecule has 0 saturated carbocycles. The van der Waals surface area contributed by atoms with E-state index < -0.39 is 41.2 Å². The number of nitrogens with two attached hydrogens (primary N) is 1. The molecular weight excluding hydrogens is 441 g/mol. The van der Waals surface area contributed by atoms with Gasteiger partial charge in [0.05, 0.1) is 6.04 Å². The second-order valence-corrected chi connectivity index (χ2v) is 9.56. The van der Waals surface area contributed by atoms with Crippen molar-refractivity contribution < 1.29 is 32.3 Å². The quantitative estimate of drug-likeness (QED) is 0.646. The molecule has 1 aromatic rings. The molecule has 3 atom stereocenters. The minimum atomic E-state index is -1.33. The molecule has 33 heavy (non-hydrogen) atoms. The lowest BCUT2D eigenvalue weighted by Gasteiger charge is -2.28. The summed E-state index contributed by atoms with van der Waals surface area (Å²) in [4.78, 5) is 40.1. The van der Waals surface area contributed by atoms with Gasteiger partial charge in [0.15, 0.2) is 11.6 Å². The Balaban J connectivity index is 1.75. The fourth-order valence-electron chi connectivity index (χ4n) is 4.41. The lowest BCUT2D eigenvalue weighted by molar-refractivity contribution is -0.132. The molecule has 2 aliphatic rings. The number of amides is 4. The summed E-state index contributed by atoms with van der Waals surface area (Å²) in [5.41, 5.74) is 4.37. The van der Waals surface area contributed by atoms with Crippen molar-refractivity contribution in [2.24, 2.45) is 11.7 Å². The molecule has 1 aromatic carbocycles. The number of hydrogen-bond acceptors (Lipinski definition) is 4. The van der Waals surface area contributed by atoms with Gasteiger partial charge in [0.25, 0.3) is 0 Å². The first-order valence-electron chi connectivity index (χ1n) is 10.8. The summed E-state index contributed by atoms with van der Waals surface area (Å²) in [6, 6.07) is -0.521. The molecule has 0 bridgehead atoms. The molecule has 4 amide bonds. The monoisotopic (exact) mass is 470 g/mol. The van der Waals surface area contributed by atoms with Crippen LogP contribution in [0.1, 0.15) is 39.2 Å². The van der Waals surface area contributed by atoms with Crippen LogP contribution in [-0.2, 0) is 16.0 Å². The van der Waals surface area contributed by atoms with Crippen molar-refractivity contribution in [1.82, 2.24) is 15.1 Å². The second-order valence-electron chi connectivity index (χ2n) is 9.56. The molecule has 2 heterocycles. The molecule has 11 heteroatoms. The first-order valence-corrected chi connectivity index (χ1v) is 10.8. The Morgan fingerprint density at radius 1 is 1.15 bits per heavy atom. The van der Waals surface area contributed by atoms with E-state index in [9.17, 15) is 27.6 Å². The van der Waals surface area contributed by atoms with E-state index in [0.29, 0.717) is 38.2 Å². The number of fused-ring (bicyclic) bond motifs is 1. The highest BCUT2D eigenvalue weighted by Gasteiger charge is 2.44. The summed E-state index contributed by atoms with van der Waals surface area (Å²) in [7, 11) is 0. The molecule has 0 aliphatic carbocycles. The third kappa shape index (κ3) is 6.08. The lowest BCUT2D eigenvalue weighted by atomic mass is 10.0. The summed E-state index contributed by atoms with van der Waals surface area (Å²) in [5.74, 6) is -3.73. The maximum absolute atomic E-state index is 14.2. The average molecular weight is 470 g/mol. The minimum absolute atomic E-state index is 0.113. The predicted octanol–water partition coefficient (Wildman–Crippen LogP) is 2.54. The number of urea groups is 1. The highest BCUT2D eigenvalue weighted by Crippen LogP contribution is 2.32. The normalized spacial score (nSPS) is 21.0. The number of likely N-dealkylation sites (tertiary alicyclic amines) is 2. The highest BCUT2D eigenvalue weighted by molar-refractivity contribution is 5.79. The van der Waals surface area contributed by atoms with E-state index in [2.05, 4.69) is 5.32 Å². The molecule has 2 fully saturated rings. The Morgan fingerprint density at radius 2 is 1.82 bits per heavy atom. The van der Waals surface area contributed by atoms with Crippen LogP contribution in [0.25, 0.3) is 0 Å². The Bertz CT molecular complexity index is 937. The van der Waals surface area contributed by atoms with Crippen LogP contribution in [0, 0.1) is 23.4 Å². The first-order chi connectivity index (χ1) is 15.3. The molecule has 3 N–H and O–H groups in total. The van der Waals surface area contributed by atoms with Gasteiger partial charge in [-0.15, -0.1) is 0 Å². The molecule has 2 saturated heterocycles. The van der Waals surface area contributed by atoms with Crippen molar-refractivity contribution in [3.05, 3.63) is 35.1 Å². The van der Waals surface area contributed by atoms with Crippen molar-refractivity contribution in [2.45, 2.75) is 57.7 Å². The molecule has 0 aromatic heterocycles. The minimum Gasteiger partial charge on any atom is -0.444 e. The number of alkyl carbamates (subject to hydrolysis) is 1. The zero-order valence-corrected chi connectivity index (χ0v) is 18.9. The first kappa shape index (κ1) is 24.7. The van der Waals surface area contributed by atoms with E-state index in [1.807, 2.05) is 0 Å². The molecule has 0 spiro atoms. The topological polar surface area (TPSA) is 105 Å². The number of ether oxygens (including phenoxy) is 1. The van der Waals surface area contributed by atoms with Gasteiger partial charge >= 0.3 is 12.1 Å². The van der Waals surface area contributed by atoms with Crippen molar-refractivity contribution in [2.75, 3.05) is 19.6 Å². The van der Waals surface area contributed by atoms with Crippen molar-refractivity contribution in [3.8, 4) is 0 Å². The maximum Gasteiger partial charge on any atom is 0.407 e. The van der Waals surface area contributed by atoms with Crippen LogP contribution < -0.4 is 11.1 Å². The van der Waals surface area contributed by atoms with Gasteiger partial charge in [-0.3, -0.25) is 4.79 Å². The van der Waals surface area contributed by atoms with Gasteiger partial charge in [0.2, 0.25) is 5.91 Å². The number of nitrogens with one attached hydrogen (secondary N) is 1. The Hall–Kier alpha value is -2.98. The molecule has 8 nitrogen and oxygen atoms in total. The standard InChI is InChI=1S/C22H29F3N4O4/c1-22(2,3)33-21(32)27-14(6-13-7-16(24)17(25)9-15(13)23)8-19(30)29-5-4-12-10-28(20(26)31)11-18(12)29/h7,9,12,14,18H,4-6,8,10-11H2,1-3H3,(H2,26,31)(H,27,32). The average Bonchev–Trinajstić information content (AvgIpc) is 3.25. The van der Waals surface area contributed by atoms with E-state index >= 15 is 0 Å². The van der Waals surface area contributed by atoms with Crippen LogP contribution in [0.15, 0.2) is 12.1 Å². The number of primary amides is 1. The SMILES string of the molecule is CC(C)(C)OC(=O)NC(CC(=O)N1CCC2CN(C(N)=O)CC21)Cc1cc(F)c(F)cc1F. The highest BCUT2D eigenvalue weighted by atomic mass is 19.2. The second kappa shape index (κ2) is 9.48. The molecule has 3 unspecified atom stereocenters. The molecule has 2 aliphatic heterocycles. The number of carbonyl (C=O) groups is 3. The van der Waals surface area contributed by atoms with E-state index in [-0.39, 0.29) is 36.3 Å². The third-order valence-corrected chi connectivity index (χ3v) is 5.88. The molecule has 182 valence electrons. The Morgan fingerprint density at radius 3 is 2.45 bits per heavy atom. The van der Waals surface area contributed by atoms with Crippen molar-refractivity contribution in [3.63, 3.8) is 0 Å². The summed E-state index contributed by atoms with van der Waals surface area (Å²) >= 11 is 0. The van der Waals surface area contributed by atoms with E-state index in [0.717, 1.165) is 0 Å². The van der Waals surface area contributed by atoms with Gasteiger partial charge in [-0.25, -0.2) is 22.8 Å². The van der Waals surface area contributed by atoms with Gasteiger partial charge < -0.3 is 25.6 Å². The van der Waals surface area contributed by atoms with Crippen LogP contribution in [-0.4, -0.2) is 65.2 Å². The summed E-state index contributed by atoms with van der Waals surface area (Å²) < 4.78 is 46.5. The van der Waals surface area contributed by atoms with Gasteiger partial charge in [0, 0.05) is 44.1 Å². The van der Waals surface area contributed by atoms with Crippen LogP contribution in [0.3, 0.4) is 0 Å². The fraction of sp³-hybridized carbons (Fsp3) is 0.591. The van der Waals surface area contributed by atoms with Gasteiger partial charge in [0.1, 0.15) is 11.4 Å². The number of benzene rings is 1. The molecule has 0 radical (unpaired) electrons. The summed E-state index contributed by atoms with van der Waals surface area (Å²) in [6.45, 7) is 6.28. The number of hydrogen-bond donors (Lipinski definition) is 2. The number of carbonyl (C=O) groups excluding carboxylic acids is 3. The van der Waals surface area contributed by atoms with Crippen LogP contribution in [0.5, 0.6) is 0 Å². The largest absolute Gasteiger partial charge is 0.444 e. The van der Waals surface area contributed by atoms with Gasteiger partial charge in [-0.2, -0.15) is 0 Å². The van der Waals surface area contributed by atoms with Crippen molar-refractivity contribution >= 4 is 18.0 Å².